The molecule has 150 valence electrons. The molecule has 0 spiro atoms. The third-order valence-electron chi connectivity index (χ3n) is 5.04. The summed E-state index contributed by atoms with van der Waals surface area (Å²) in [6, 6.07) is 25.9. The first-order chi connectivity index (χ1) is 14.0. The maximum Gasteiger partial charge on any atom is 0.261 e. The van der Waals surface area contributed by atoms with Gasteiger partial charge in [-0.3, -0.25) is 4.79 Å². The molecule has 3 heteroatoms. The third kappa shape index (κ3) is 5.26. The van der Waals surface area contributed by atoms with Crippen LogP contribution in [0, 0.1) is 6.92 Å². The fourth-order valence-electron chi connectivity index (χ4n) is 3.33. The van der Waals surface area contributed by atoms with Crippen LogP contribution in [0.2, 0.25) is 0 Å². The summed E-state index contributed by atoms with van der Waals surface area (Å²) < 4.78 is 6.05. The van der Waals surface area contributed by atoms with E-state index in [-0.39, 0.29) is 11.9 Å². The minimum absolute atomic E-state index is 0.141. The molecule has 0 bridgehead atoms. The quantitative estimate of drug-likeness (QED) is 0.557. The molecule has 0 aliphatic carbocycles. The van der Waals surface area contributed by atoms with Crippen LogP contribution >= 0.6 is 0 Å². The highest BCUT2D eigenvalue weighted by atomic mass is 16.5. The van der Waals surface area contributed by atoms with Gasteiger partial charge in [0.2, 0.25) is 0 Å². The zero-order valence-corrected chi connectivity index (χ0v) is 17.6. The van der Waals surface area contributed by atoms with Gasteiger partial charge in [-0.25, -0.2) is 0 Å². The molecule has 0 saturated carbocycles. The number of benzene rings is 3. The van der Waals surface area contributed by atoms with Gasteiger partial charge in [-0.1, -0.05) is 92.2 Å². The molecular weight excluding hydrogens is 358 g/mol. The predicted molar refractivity (Wildman–Crippen MR) is 118 cm³/mol. The van der Waals surface area contributed by atoms with Gasteiger partial charge in [0.05, 0.1) is 6.04 Å². The molecule has 0 radical (unpaired) electrons. The molecule has 3 nitrogen and oxygen atoms in total. The summed E-state index contributed by atoms with van der Waals surface area (Å²) in [4.78, 5) is 13.0. The molecule has 0 unspecified atom stereocenters. The highest BCUT2D eigenvalue weighted by Gasteiger charge is 2.22. The zero-order valence-electron chi connectivity index (χ0n) is 17.6. The average Bonchev–Trinajstić information content (AvgIpc) is 2.73. The van der Waals surface area contributed by atoms with Gasteiger partial charge in [0.1, 0.15) is 5.75 Å². The summed E-state index contributed by atoms with van der Waals surface area (Å²) in [5.74, 6) is 0.945. The highest BCUT2D eigenvalue weighted by Crippen LogP contribution is 2.27. The fourth-order valence-corrected chi connectivity index (χ4v) is 3.33. The number of nitrogens with one attached hydrogen (secondary N) is 1. The van der Waals surface area contributed by atoms with Crippen LogP contribution in [0.25, 0.3) is 0 Å². The van der Waals surface area contributed by atoms with Crippen molar-refractivity contribution in [1.82, 2.24) is 5.32 Å². The number of hydrogen-bond donors (Lipinski definition) is 1. The molecule has 0 aliphatic rings. The minimum atomic E-state index is -0.605. The Morgan fingerprint density at radius 3 is 2.03 bits per heavy atom. The van der Waals surface area contributed by atoms with Crippen molar-refractivity contribution < 1.29 is 9.53 Å². The van der Waals surface area contributed by atoms with Crippen LogP contribution in [0.5, 0.6) is 5.75 Å². The van der Waals surface area contributed by atoms with Gasteiger partial charge >= 0.3 is 0 Å². The summed E-state index contributed by atoms with van der Waals surface area (Å²) in [5, 5.41) is 3.17. The SMILES string of the molecule is Cc1ccc([C@@H](NC(=O)[C@H](C)Oc2ccccc2C(C)C)c2ccccc2)cc1. The second-order valence-electron chi connectivity index (χ2n) is 7.72. The van der Waals surface area contributed by atoms with E-state index >= 15 is 0 Å². The Balaban J connectivity index is 1.80. The number of amides is 1. The molecule has 2 atom stereocenters. The second kappa shape index (κ2) is 9.42. The van der Waals surface area contributed by atoms with Crippen LogP contribution in [-0.2, 0) is 4.79 Å². The summed E-state index contributed by atoms with van der Waals surface area (Å²) in [6.07, 6.45) is -0.605. The average molecular weight is 388 g/mol. The fraction of sp³-hybridized carbons (Fsp3) is 0.269. The maximum absolute atomic E-state index is 13.0. The first kappa shape index (κ1) is 20.7. The Labute approximate surface area is 173 Å². The van der Waals surface area contributed by atoms with Crippen molar-refractivity contribution in [1.29, 1.82) is 0 Å². The predicted octanol–water partition coefficient (Wildman–Crippen LogP) is 5.79. The summed E-state index contributed by atoms with van der Waals surface area (Å²) in [7, 11) is 0. The lowest BCUT2D eigenvalue weighted by Gasteiger charge is -2.24. The zero-order chi connectivity index (χ0) is 20.8. The molecule has 3 aromatic carbocycles. The third-order valence-corrected chi connectivity index (χ3v) is 5.04. The van der Waals surface area contributed by atoms with Crippen LogP contribution in [0.4, 0.5) is 0 Å². The van der Waals surface area contributed by atoms with Crippen LogP contribution in [-0.4, -0.2) is 12.0 Å². The molecule has 0 heterocycles. The van der Waals surface area contributed by atoms with Crippen molar-refractivity contribution in [2.75, 3.05) is 0 Å². The minimum Gasteiger partial charge on any atom is -0.481 e. The number of carbonyl (C=O) groups is 1. The maximum atomic E-state index is 13.0. The number of aryl methyl sites for hydroxylation is 1. The number of rotatable bonds is 7. The van der Waals surface area contributed by atoms with E-state index in [0.717, 1.165) is 22.4 Å². The molecule has 1 N–H and O–H groups in total. The molecule has 1 amide bonds. The first-order valence-corrected chi connectivity index (χ1v) is 10.1. The number of ether oxygens (including phenoxy) is 1. The molecule has 0 fully saturated rings. The largest absolute Gasteiger partial charge is 0.481 e. The van der Waals surface area contributed by atoms with Crippen molar-refractivity contribution >= 4 is 5.91 Å². The normalized spacial score (nSPS) is 13.0. The van der Waals surface area contributed by atoms with Gasteiger partial charge in [0.15, 0.2) is 6.10 Å². The Bertz CT molecular complexity index is 932. The lowest BCUT2D eigenvalue weighted by Crippen LogP contribution is -2.39. The lowest BCUT2D eigenvalue weighted by atomic mass is 9.97. The molecule has 0 saturated heterocycles. The summed E-state index contributed by atoms with van der Waals surface area (Å²) in [6.45, 7) is 8.09. The van der Waals surface area contributed by atoms with Crippen molar-refractivity contribution in [3.8, 4) is 5.75 Å². The molecule has 0 aromatic heterocycles. The number of carbonyl (C=O) groups excluding carboxylic acids is 1. The van der Waals surface area contributed by atoms with Gasteiger partial charge in [0.25, 0.3) is 5.91 Å². The van der Waals surface area contributed by atoms with Gasteiger partial charge in [0, 0.05) is 0 Å². The van der Waals surface area contributed by atoms with Gasteiger partial charge in [-0.15, -0.1) is 0 Å². The van der Waals surface area contributed by atoms with E-state index in [0.29, 0.717) is 5.92 Å². The van der Waals surface area contributed by atoms with Crippen LogP contribution < -0.4 is 10.1 Å². The van der Waals surface area contributed by atoms with Crippen molar-refractivity contribution in [3.63, 3.8) is 0 Å². The van der Waals surface area contributed by atoms with Crippen LogP contribution in [0.3, 0.4) is 0 Å². The Hall–Kier alpha value is -3.07. The summed E-state index contributed by atoms with van der Waals surface area (Å²) >= 11 is 0. The molecule has 29 heavy (non-hydrogen) atoms. The van der Waals surface area contributed by atoms with Gasteiger partial charge in [-0.2, -0.15) is 0 Å². The van der Waals surface area contributed by atoms with E-state index in [1.807, 2.05) is 54.6 Å². The van der Waals surface area contributed by atoms with E-state index in [2.05, 4.69) is 50.4 Å². The lowest BCUT2D eigenvalue weighted by molar-refractivity contribution is -0.127. The number of hydrogen-bond acceptors (Lipinski definition) is 2. The molecule has 3 rings (SSSR count). The Morgan fingerprint density at radius 2 is 1.38 bits per heavy atom. The summed E-state index contributed by atoms with van der Waals surface area (Å²) in [5.41, 5.74) is 4.38. The first-order valence-electron chi connectivity index (χ1n) is 10.1. The van der Waals surface area contributed by atoms with Crippen molar-refractivity contribution in [3.05, 3.63) is 101 Å². The number of para-hydroxylation sites is 1. The van der Waals surface area contributed by atoms with E-state index in [9.17, 15) is 4.79 Å². The molecule has 0 aliphatic heterocycles. The second-order valence-corrected chi connectivity index (χ2v) is 7.72. The monoisotopic (exact) mass is 387 g/mol. The van der Waals surface area contributed by atoms with E-state index in [1.165, 1.54) is 5.56 Å². The van der Waals surface area contributed by atoms with E-state index in [4.69, 9.17) is 4.74 Å². The Kier molecular flexibility index (Phi) is 6.71. The van der Waals surface area contributed by atoms with Crippen LogP contribution in [0.15, 0.2) is 78.9 Å². The van der Waals surface area contributed by atoms with Crippen LogP contribution in [0.1, 0.15) is 55.0 Å². The van der Waals surface area contributed by atoms with Gasteiger partial charge in [-0.05, 0) is 42.5 Å². The Morgan fingerprint density at radius 1 is 0.793 bits per heavy atom. The topological polar surface area (TPSA) is 38.3 Å². The molecular formula is C26H29NO2. The van der Waals surface area contributed by atoms with Gasteiger partial charge < -0.3 is 10.1 Å². The standard InChI is InChI=1S/C26H29NO2/c1-18(2)23-12-8-9-13-24(23)29-20(4)26(28)27-25(21-10-6-5-7-11-21)22-16-14-19(3)15-17-22/h5-18,20,25H,1-4H3,(H,27,28)/t20-,25-/m0/s1. The van der Waals surface area contributed by atoms with E-state index < -0.39 is 6.10 Å². The van der Waals surface area contributed by atoms with Crippen molar-refractivity contribution in [2.24, 2.45) is 0 Å². The van der Waals surface area contributed by atoms with E-state index in [1.54, 1.807) is 6.92 Å². The smallest absolute Gasteiger partial charge is 0.261 e. The highest BCUT2D eigenvalue weighted by molar-refractivity contribution is 5.81. The molecule has 3 aromatic rings. The van der Waals surface area contributed by atoms with Crippen molar-refractivity contribution in [2.45, 2.75) is 45.8 Å².